The van der Waals surface area contributed by atoms with E-state index in [9.17, 15) is 0 Å². The van der Waals surface area contributed by atoms with E-state index in [1.807, 2.05) is 30.3 Å². The summed E-state index contributed by atoms with van der Waals surface area (Å²) in [4.78, 5) is 0. The van der Waals surface area contributed by atoms with Crippen molar-refractivity contribution >= 4 is 23.4 Å². The van der Waals surface area contributed by atoms with Crippen LogP contribution in [0.1, 0.15) is 5.56 Å². The van der Waals surface area contributed by atoms with Gasteiger partial charge in [-0.25, -0.2) is 4.42 Å². The molecule has 0 fully saturated rings. The molecule has 0 N–H and O–H groups in total. The van der Waals surface area contributed by atoms with Crippen molar-refractivity contribution in [2.24, 2.45) is 0 Å². The first-order chi connectivity index (χ1) is 5.33. The zero-order valence-corrected chi connectivity index (χ0v) is 7.52. The third-order valence-corrected chi connectivity index (χ3v) is 1.98. The lowest BCUT2D eigenvalue weighted by Gasteiger charge is -2.08. The zero-order chi connectivity index (χ0) is 8.10. The van der Waals surface area contributed by atoms with Gasteiger partial charge in [0.1, 0.15) is 0 Å². The first-order valence-electron chi connectivity index (χ1n) is 3.33. The lowest BCUT2D eigenvalue weighted by Crippen LogP contribution is -2.08. The Bertz CT molecular complexity index is 201. The first kappa shape index (κ1) is 8.85. The van der Waals surface area contributed by atoms with Crippen LogP contribution < -0.4 is 0 Å². The molecular weight excluding hydrogens is 181 g/mol. The van der Waals surface area contributed by atoms with Crippen molar-refractivity contribution < 1.29 is 0 Å². The third kappa shape index (κ3) is 3.10. The van der Waals surface area contributed by atoms with Crippen molar-refractivity contribution in [2.75, 3.05) is 6.00 Å². The van der Waals surface area contributed by atoms with Gasteiger partial charge in [-0.3, -0.25) is 0 Å². The van der Waals surface area contributed by atoms with Crippen LogP contribution >= 0.6 is 23.4 Å². The molecule has 0 radical (unpaired) electrons. The molecule has 0 saturated carbocycles. The van der Waals surface area contributed by atoms with Gasteiger partial charge in [0.25, 0.3) is 0 Å². The van der Waals surface area contributed by atoms with E-state index in [2.05, 4.69) is 0 Å². The maximum absolute atomic E-state index is 5.70. The molecule has 3 heteroatoms. The van der Waals surface area contributed by atoms with E-state index in [-0.39, 0.29) is 0 Å². The molecule has 1 aromatic carbocycles. The smallest absolute Gasteiger partial charge is 0.0886 e. The van der Waals surface area contributed by atoms with Crippen LogP contribution in [0.3, 0.4) is 0 Å². The summed E-state index contributed by atoms with van der Waals surface area (Å²) in [6.45, 7) is 0.686. The Morgan fingerprint density at radius 1 is 1.18 bits per heavy atom. The molecule has 0 atom stereocenters. The summed E-state index contributed by atoms with van der Waals surface area (Å²) in [7, 11) is 0. The van der Waals surface area contributed by atoms with E-state index in [1.54, 1.807) is 0 Å². The maximum Gasteiger partial charge on any atom is 0.0886 e. The number of nitrogens with zero attached hydrogens (tertiary/aromatic N) is 1. The van der Waals surface area contributed by atoms with E-state index in [4.69, 9.17) is 23.4 Å². The van der Waals surface area contributed by atoms with Gasteiger partial charge >= 0.3 is 0 Å². The molecule has 0 bridgehead atoms. The van der Waals surface area contributed by atoms with Crippen LogP contribution in [0.5, 0.6) is 0 Å². The lowest BCUT2D eigenvalue weighted by molar-refractivity contribution is 0.522. The van der Waals surface area contributed by atoms with Crippen molar-refractivity contribution in [3.8, 4) is 0 Å². The normalized spacial score (nSPS) is 10.5. The van der Waals surface area contributed by atoms with Gasteiger partial charge in [-0.1, -0.05) is 30.3 Å². The van der Waals surface area contributed by atoms with Crippen LogP contribution in [0.4, 0.5) is 0 Å². The molecule has 0 aliphatic carbocycles. The fraction of sp³-hybridized carbons (Fsp3) is 0.250. The van der Waals surface area contributed by atoms with Gasteiger partial charge < -0.3 is 0 Å². The molecule has 1 aromatic rings. The number of hydrogen-bond acceptors (Lipinski definition) is 1. The minimum atomic E-state index is 0.344. The minimum absolute atomic E-state index is 0.344. The fourth-order valence-electron chi connectivity index (χ4n) is 0.824. The SMILES string of the molecule is ClCN(Cl)Cc1ccccc1. The van der Waals surface area contributed by atoms with Crippen LogP contribution in [0.25, 0.3) is 0 Å². The molecule has 0 aliphatic rings. The second kappa shape index (κ2) is 4.60. The second-order valence-electron chi connectivity index (χ2n) is 2.23. The molecule has 0 spiro atoms. The van der Waals surface area contributed by atoms with Gasteiger partial charge in [0.15, 0.2) is 0 Å². The Morgan fingerprint density at radius 2 is 1.82 bits per heavy atom. The van der Waals surface area contributed by atoms with E-state index in [1.165, 1.54) is 9.98 Å². The molecule has 11 heavy (non-hydrogen) atoms. The molecule has 0 unspecified atom stereocenters. The van der Waals surface area contributed by atoms with Crippen molar-refractivity contribution in [3.63, 3.8) is 0 Å². The van der Waals surface area contributed by atoms with Crippen LogP contribution in [-0.4, -0.2) is 10.4 Å². The summed E-state index contributed by atoms with van der Waals surface area (Å²) in [6, 6.07) is 10.3. The average Bonchev–Trinajstić information content (AvgIpc) is 2.06. The van der Waals surface area contributed by atoms with E-state index < -0.39 is 0 Å². The first-order valence-corrected chi connectivity index (χ1v) is 4.21. The minimum Gasteiger partial charge on any atom is -0.201 e. The zero-order valence-electron chi connectivity index (χ0n) is 6.00. The summed E-state index contributed by atoms with van der Waals surface area (Å²) < 4.78 is 1.52. The van der Waals surface area contributed by atoms with Gasteiger partial charge in [0, 0.05) is 6.54 Å². The Morgan fingerprint density at radius 3 is 2.36 bits per heavy atom. The van der Waals surface area contributed by atoms with Crippen LogP contribution in [0, 0.1) is 0 Å². The summed E-state index contributed by atoms with van der Waals surface area (Å²) in [5.74, 6) is 0. The van der Waals surface area contributed by atoms with E-state index in [0.717, 1.165) is 0 Å². The fourth-order valence-corrected chi connectivity index (χ4v) is 1.05. The largest absolute Gasteiger partial charge is 0.201 e. The van der Waals surface area contributed by atoms with Crippen LogP contribution in [0.15, 0.2) is 30.3 Å². The van der Waals surface area contributed by atoms with E-state index in [0.29, 0.717) is 12.5 Å². The highest BCUT2D eigenvalue weighted by molar-refractivity contribution is 6.22. The van der Waals surface area contributed by atoms with Crippen LogP contribution in [0.2, 0.25) is 0 Å². The third-order valence-electron chi connectivity index (χ3n) is 1.33. The Labute approximate surface area is 76.6 Å². The molecule has 0 amide bonds. The summed E-state index contributed by atoms with van der Waals surface area (Å²) in [6.07, 6.45) is 0. The number of hydrogen-bond donors (Lipinski definition) is 0. The molecule has 1 rings (SSSR count). The summed E-state index contributed by atoms with van der Waals surface area (Å²) in [5, 5.41) is 0. The van der Waals surface area contributed by atoms with Crippen molar-refractivity contribution in [2.45, 2.75) is 6.54 Å². The topological polar surface area (TPSA) is 3.24 Å². The number of alkyl halides is 1. The number of benzene rings is 1. The highest BCUT2D eigenvalue weighted by Gasteiger charge is 1.97. The molecule has 1 nitrogen and oxygen atoms in total. The maximum atomic E-state index is 5.70. The van der Waals surface area contributed by atoms with Gasteiger partial charge in [-0.05, 0) is 17.3 Å². The Balaban J connectivity index is 2.51. The number of rotatable bonds is 3. The Kier molecular flexibility index (Phi) is 3.70. The average molecular weight is 190 g/mol. The number of halogens is 2. The van der Waals surface area contributed by atoms with Gasteiger partial charge in [-0.2, -0.15) is 0 Å². The highest BCUT2D eigenvalue weighted by Crippen LogP contribution is 2.06. The predicted molar refractivity (Wildman–Crippen MR) is 48.6 cm³/mol. The van der Waals surface area contributed by atoms with Crippen molar-refractivity contribution in [3.05, 3.63) is 35.9 Å². The van der Waals surface area contributed by atoms with Crippen LogP contribution in [-0.2, 0) is 6.54 Å². The highest BCUT2D eigenvalue weighted by atomic mass is 35.5. The summed E-state index contributed by atoms with van der Waals surface area (Å²) >= 11 is 11.2. The quantitative estimate of drug-likeness (QED) is 0.402. The predicted octanol–water partition coefficient (Wildman–Crippen LogP) is 2.84. The monoisotopic (exact) mass is 189 g/mol. The molecule has 60 valence electrons. The molecule has 0 saturated heterocycles. The molecule has 0 aliphatic heterocycles. The standard InChI is InChI=1S/C8H9Cl2N/c9-7-11(10)6-8-4-2-1-3-5-8/h1-5H,6-7H2. The van der Waals surface area contributed by atoms with Gasteiger partial charge in [-0.15, -0.1) is 11.6 Å². The second-order valence-corrected chi connectivity index (χ2v) is 2.94. The Hall–Kier alpha value is -0.240. The van der Waals surface area contributed by atoms with Gasteiger partial charge in [0.05, 0.1) is 6.00 Å². The van der Waals surface area contributed by atoms with Gasteiger partial charge in [0.2, 0.25) is 0 Å². The molecular formula is C8H9Cl2N. The lowest BCUT2D eigenvalue weighted by atomic mass is 10.2. The van der Waals surface area contributed by atoms with E-state index >= 15 is 0 Å². The van der Waals surface area contributed by atoms with Crippen molar-refractivity contribution in [1.29, 1.82) is 0 Å². The molecule has 0 aromatic heterocycles. The van der Waals surface area contributed by atoms with Crippen molar-refractivity contribution in [1.82, 2.24) is 4.42 Å². The summed E-state index contributed by atoms with van der Waals surface area (Å²) in [5.41, 5.74) is 1.17. The molecule has 0 heterocycles.